The van der Waals surface area contributed by atoms with Gasteiger partial charge in [-0.2, -0.15) is 0 Å². The summed E-state index contributed by atoms with van der Waals surface area (Å²) < 4.78 is 18.2. The molecule has 0 aliphatic heterocycles. The molecule has 0 bridgehead atoms. The van der Waals surface area contributed by atoms with Crippen LogP contribution in [0, 0.1) is 5.82 Å². The van der Waals surface area contributed by atoms with Crippen molar-refractivity contribution in [2.75, 3.05) is 5.32 Å². The summed E-state index contributed by atoms with van der Waals surface area (Å²) in [6, 6.07) is 4.66. The number of pyridine rings is 1. The van der Waals surface area contributed by atoms with Gasteiger partial charge in [-0.1, -0.05) is 0 Å². The van der Waals surface area contributed by atoms with Crippen molar-refractivity contribution in [3.8, 4) is 0 Å². The van der Waals surface area contributed by atoms with E-state index in [0.29, 0.717) is 10.2 Å². The number of nitrogens with zero attached hydrogens (tertiary/aromatic N) is 1. The second kappa shape index (κ2) is 5.59. The lowest BCUT2D eigenvalue weighted by Gasteiger charge is -2.03. The number of amides is 1. The highest BCUT2D eigenvalue weighted by Gasteiger charge is 2.05. The van der Waals surface area contributed by atoms with E-state index >= 15 is 0 Å². The van der Waals surface area contributed by atoms with Crippen molar-refractivity contribution in [1.82, 2.24) is 4.98 Å². The van der Waals surface area contributed by atoms with Crippen LogP contribution in [0.1, 0.15) is 5.76 Å². The SMILES string of the molecule is O=C(/C=C/c1ccco1)Nc1ncc(F)cc1Br. The number of hydrogen-bond acceptors (Lipinski definition) is 3. The smallest absolute Gasteiger partial charge is 0.249 e. The maximum Gasteiger partial charge on any atom is 0.249 e. The van der Waals surface area contributed by atoms with Crippen LogP contribution in [0.4, 0.5) is 10.2 Å². The average Bonchev–Trinajstić information content (AvgIpc) is 2.83. The second-order valence-corrected chi connectivity index (χ2v) is 4.18. The van der Waals surface area contributed by atoms with E-state index in [4.69, 9.17) is 4.42 Å². The lowest BCUT2D eigenvalue weighted by atomic mass is 10.4. The highest BCUT2D eigenvalue weighted by Crippen LogP contribution is 2.20. The summed E-state index contributed by atoms with van der Waals surface area (Å²) >= 11 is 3.11. The molecule has 1 N–H and O–H groups in total. The zero-order valence-corrected chi connectivity index (χ0v) is 10.6. The van der Waals surface area contributed by atoms with E-state index in [-0.39, 0.29) is 11.7 Å². The van der Waals surface area contributed by atoms with Gasteiger partial charge in [-0.05, 0) is 40.2 Å². The first-order chi connectivity index (χ1) is 8.65. The van der Waals surface area contributed by atoms with Crippen LogP contribution in [0.5, 0.6) is 0 Å². The van der Waals surface area contributed by atoms with Crippen LogP contribution in [-0.2, 0) is 4.79 Å². The van der Waals surface area contributed by atoms with Crippen molar-refractivity contribution in [2.45, 2.75) is 0 Å². The standard InChI is InChI=1S/C12H8BrFN2O2/c13-10-6-8(14)7-15-12(10)16-11(17)4-3-9-2-1-5-18-9/h1-7H,(H,15,16,17)/b4-3+. The van der Waals surface area contributed by atoms with Crippen LogP contribution in [0.2, 0.25) is 0 Å². The van der Waals surface area contributed by atoms with Gasteiger partial charge in [-0.3, -0.25) is 4.79 Å². The molecule has 18 heavy (non-hydrogen) atoms. The Balaban J connectivity index is 2.03. The molecule has 0 aliphatic carbocycles. The van der Waals surface area contributed by atoms with E-state index in [2.05, 4.69) is 26.2 Å². The molecule has 4 nitrogen and oxygen atoms in total. The number of rotatable bonds is 3. The quantitative estimate of drug-likeness (QED) is 0.886. The van der Waals surface area contributed by atoms with Crippen LogP contribution < -0.4 is 5.32 Å². The van der Waals surface area contributed by atoms with Gasteiger partial charge in [0.05, 0.1) is 16.9 Å². The lowest BCUT2D eigenvalue weighted by Crippen LogP contribution is -2.09. The second-order valence-electron chi connectivity index (χ2n) is 3.32. The van der Waals surface area contributed by atoms with Gasteiger partial charge in [-0.25, -0.2) is 9.37 Å². The van der Waals surface area contributed by atoms with E-state index in [1.807, 2.05) is 0 Å². The minimum Gasteiger partial charge on any atom is -0.465 e. The fourth-order valence-electron chi connectivity index (χ4n) is 1.21. The first-order valence-electron chi connectivity index (χ1n) is 4.99. The van der Waals surface area contributed by atoms with Gasteiger partial charge in [0.25, 0.3) is 0 Å². The third-order valence-electron chi connectivity index (χ3n) is 1.99. The van der Waals surface area contributed by atoms with Crippen LogP contribution in [0.25, 0.3) is 6.08 Å². The van der Waals surface area contributed by atoms with Gasteiger partial charge in [0.2, 0.25) is 5.91 Å². The molecule has 2 aromatic rings. The molecular weight excluding hydrogens is 303 g/mol. The van der Waals surface area contributed by atoms with Crippen molar-refractivity contribution in [3.63, 3.8) is 0 Å². The molecule has 2 rings (SSSR count). The summed E-state index contributed by atoms with van der Waals surface area (Å²) in [5.41, 5.74) is 0. The van der Waals surface area contributed by atoms with Crippen LogP contribution in [0.15, 0.2) is 45.6 Å². The Labute approximate surface area is 111 Å². The topological polar surface area (TPSA) is 55.1 Å². The molecule has 0 saturated heterocycles. The van der Waals surface area contributed by atoms with Crippen molar-refractivity contribution in [2.24, 2.45) is 0 Å². The Bertz CT molecular complexity index is 582. The van der Waals surface area contributed by atoms with Crippen molar-refractivity contribution in [3.05, 3.63) is 52.8 Å². The molecule has 0 aliphatic rings. The molecule has 0 spiro atoms. The number of halogens is 2. The number of aromatic nitrogens is 1. The van der Waals surface area contributed by atoms with Gasteiger partial charge >= 0.3 is 0 Å². The summed E-state index contributed by atoms with van der Waals surface area (Å²) in [4.78, 5) is 15.3. The van der Waals surface area contributed by atoms with E-state index in [9.17, 15) is 9.18 Å². The summed E-state index contributed by atoms with van der Waals surface area (Å²) in [6.45, 7) is 0. The molecule has 0 saturated carbocycles. The van der Waals surface area contributed by atoms with Gasteiger partial charge in [0.15, 0.2) is 0 Å². The summed E-state index contributed by atoms with van der Waals surface area (Å²) in [5, 5.41) is 2.51. The number of nitrogens with one attached hydrogen (secondary N) is 1. The van der Waals surface area contributed by atoms with Crippen molar-refractivity contribution in [1.29, 1.82) is 0 Å². The molecule has 0 unspecified atom stereocenters. The number of anilines is 1. The largest absolute Gasteiger partial charge is 0.465 e. The Morgan fingerprint density at radius 3 is 3.06 bits per heavy atom. The molecule has 1 amide bonds. The fourth-order valence-corrected chi connectivity index (χ4v) is 1.63. The minimum absolute atomic E-state index is 0.255. The monoisotopic (exact) mass is 310 g/mol. The number of carbonyl (C=O) groups is 1. The normalized spacial score (nSPS) is 10.8. The maximum absolute atomic E-state index is 12.8. The predicted molar refractivity (Wildman–Crippen MR) is 68.3 cm³/mol. The number of carbonyl (C=O) groups excluding carboxylic acids is 1. The third kappa shape index (κ3) is 3.27. The Kier molecular flexibility index (Phi) is 3.88. The Morgan fingerprint density at radius 2 is 2.39 bits per heavy atom. The predicted octanol–water partition coefficient (Wildman–Crippen LogP) is 3.23. The van der Waals surface area contributed by atoms with Crippen LogP contribution >= 0.6 is 15.9 Å². The molecule has 0 radical (unpaired) electrons. The van der Waals surface area contributed by atoms with Crippen LogP contribution in [-0.4, -0.2) is 10.9 Å². The zero-order chi connectivity index (χ0) is 13.0. The lowest BCUT2D eigenvalue weighted by molar-refractivity contribution is -0.111. The van der Waals surface area contributed by atoms with E-state index in [1.165, 1.54) is 24.5 Å². The number of hydrogen-bond donors (Lipinski definition) is 1. The van der Waals surface area contributed by atoms with Gasteiger partial charge in [0.1, 0.15) is 17.4 Å². The maximum atomic E-state index is 12.8. The molecule has 2 heterocycles. The van der Waals surface area contributed by atoms with Gasteiger partial charge < -0.3 is 9.73 Å². The fraction of sp³-hybridized carbons (Fsp3) is 0. The van der Waals surface area contributed by atoms with Gasteiger partial charge in [0, 0.05) is 6.08 Å². The Hall–Kier alpha value is -1.95. The van der Waals surface area contributed by atoms with Gasteiger partial charge in [-0.15, -0.1) is 0 Å². The number of furan rings is 1. The zero-order valence-electron chi connectivity index (χ0n) is 9.06. The van der Waals surface area contributed by atoms with E-state index in [1.54, 1.807) is 12.1 Å². The summed E-state index contributed by atoms with van der Waals surface area (Å²) in [7, 11) is 0. The van der Waals surface area contributed by atoms with E-state index < -0.39 is 5.82 Å². The molecule has 6 heteroatoms. The molecule has 0 aromatic carbocycles. The van der Waals surface area contributed by atoms with Crippen molar-refractivity contribution < 1.29 is 13.6 Å². The molecule has 2 aromatic heterocycles. The molecule has 92 valence electrons. The minimum atomic E-state index is -0.481. The van der Waals surface area contributed by atoms with Crippen molar-refractivity contribution >= 4 is 33.7 Å². The Morgan fingerprint density at radius 1 is 1.56 bits per heavy atom. The summed E-state index contributed by atoms with van der Waals surface area (Å²) in [6.07, 6.45) is 5.36. The first-order valence-corrected chi connectivity index (χ1v) is 5.78. The third-order valence-corrected chi connectivity index (χ3v) is 2.60. The molecular formula is C12H8BrFN2O2. The van der Waals surface area contributed by atoms with Crippen LogP contribution in [0.3, 0.4) is 0 Å². The van der Waals surface area contributed by atoms with E-state index in [0.717, 1.165) is 6.20 Å². The first kappa shape index (κ1) is 12.5. The molecule has 0 fully saturated rings. The highest BCUT2D eigenvalue weighted by molar-refractivity contribution is 9.10. The highest BCUT2D eigenvalue weighted by atomic mass is 79.9. The molecule has 0 atom stereocenters. The summed E-state index contributed by atoms with van der Waals surface area (Å²) in [5.74, 6) is -0.0426. The average molecular weight is 311 g/mol.